The summed E-state index contributed by atoms with van der Waals surface area (Å²) in [7, 11) is 2.60. The predicted octanol–water partition coefficient (Wildman–Crippen LogP) is 3.91. The number of benzene rings is 1. The van der Waals surface area contributed by atoms with Crippen molar-refractivity contribution in [2.75, 3.05) is 19.9 Å². The molecule has 0 aliphatic heterocycles. The van der Waals surface area contributed by atoms with Crippen LogP contribution in [0, 0.1) is 6.92 Å². The first-order chi connectivity index (χ1) is 6.83. The molecule has 1 atom stereocenters. The van der Waals surface area contributed by atoms with Gasteiger partial charge in [0.25, 0.3) is 0 Å². The first kappa shape index (κ1) is 15.1. The molecule has 1 rings (SSSR count). The Labute approximate surface area is 111 Å². The van der Waals surface area contributed by atoms with Gasteiger partial charge in [-0.2, -0.15) is 0 Å². The summed E-state index contributed by atoms with van der Waals surface area (Å²) in [5.41, 5.74) is 2.59. The summed E-state index contributed by atoms with van der Waals surface area (Å²) in [5, 5.41) is 0. The third kappa shape index (κ3) is 7.04. The van der Waals surface area contributed by atoms with Crippen molar-refractivity contribution in [3.63, 3.8) is 0 Å². The van der Waals surface area contributed by atoms with E-state index < -0.39 is 0 Å². The van der Waals surface area contributed by atoms with Crippen molar-refractivity contribution in [1.82, 2.24) is 0 Å². The van der Waals surface area contributed by atoms with Crippen LogP contribution >= 0.6 is 32.6 Å². The lowest BCUT2D eigenvalue weighted by Gasteiger charge is -1.96. The number of aryl methyl sites for hydroxylation is 1. The first-order valence-corrected chi connectivity index (χ1v) is 6.07. The minimum Gasteiger partial charge on any atom is -0.384 e. The quantitative estimate of drug-likeness (QED) is 0.450. The summed E-state index contributed by atoms with van der Waals surface area (Å²) in [6, 6.07) is 8.56. The Bertz CT molecular complexity index is 282. The molecule has 0 saturated heterocycles. The summed E-state index contributed by atoms with van der Waals surface area (Å²) in [5.74, 6) is 2.23. The zero-order valence-corrected chi connectivity index (χ0v) is 12.5. The van der Waals surface area contributed by atoms with Crippen LogP contribution < -0.4 is 0 Å². The Balaban J connectivity index is 0.00000196. The molecule has 0 saturated carbocycles. The maximum Gasteiger partial charge on any atom is 0.0501 e. The van der Waals surface area contributed by atoms with Crippen molar-refractivity contribution in [2.45, 2.75) is 6.92 Å². The molecule has 1 unspecified atom stereocenters. The molecule has 1 aromatic rings. The van der Waals surface area contributed by atoms with Crippen LogP contribution in [0.15, 0.2) is 30.1 Å². The number of hydrogen-bond acceptors (Lipinski definition) is 1. The van der Waals surface area contributed by atoms with Gasteiger partial charge in [0, 0.05) is 7.11 Å². The Hall–Kier alpha value is 0.0800. The molecule has 0 radical (unpaired) electrons. The van der Waals surface area contributed by atoms with E-state index in [1.165, 1.54) is 11.1 Å². The van der Waals surface area contributed by atoms with E-state index in [2.05, 4.69) is 43.1 Å². The number of rotatable bonds is 5. The Morgan fingerprint density at radius 2 is 1.93 bits per heavy atom. The molecule has 15 heavy (non-hydrogen) atoms. The Morgan fingerprint density at radius 3 is 2.53 bits per heavy atom. The number of hydrogen-bond donors (Lipinski definition) is 0. The lowest BCUT2D eigenvalue weighted by molar-refractivity contribution is 0.218. The average molecular weight is 336 g/mol. The predicted molar refractivity (Wildman–Crippen MR) is 80.7 cm³/mol. The zero-order valence-electron chi connectivity index (χ0n) is 9.19. The molecule has 0 fully saturated rings. The number of methoxy groups -OCH3 is 1. The van der Waals surface area contributed by atoms with Gasteiger partial charge in [0.1, 0.15) is 0 Å². The highest BCUT2D eigenvalue weighted by Crippen LogP contribution is 2.14. The van der Waals surface area contributed by atoms with Crippen molar-refractivity contribution < 1.29 is 4.74 Å². The summed E-state index contributed by atoms with van der Waals surface area (Å²) in [6.07, 6.45) is 3.30. The molecular formula is C12H18IOP. The molecule has 0 bridgehead atoms. The van der Waals surface area contributed by atoms with E-state index in [0.717, 1.165) is 21.3 Å². The van der Waals surface area contributed by atoms with E-state index in [1.54, 1.807) is 7.11 Å². The fourth-order valence-electron chi connectivity index (χ4n) is 1.08. The van der Waals surface area contributed by atoms with Crippen LogP contribution in [-0.4, -0.2) is 19.9 Å². The van der Waals surface area contributed by atoms with Crippen LogP contribution in [0.5, 0.6) is 0 Å². The molecule has 1 nitrogen and oxygen atoms in total. The standard InChI is InChI=1S/C12H17OP.HI/c1-11-3-5-12(6-4-11)7-9-14-10-8-13-2;/h3-7,9,14H,8,10H2,1-2H3;1H. The van der Waals surface area contributed by atoms with Gasteiger partial charge in [0.2, 0.25) is 0 Å². The van der Waals surface area contributed by atoms with Gasteiger partial charge < -0.3 is 4.74 Å². The summed E-state index contributed by atoms with van der Waals surface area (Å²) in [4.78, 5) is 0. The highest BCUT2D eigenvalue weighted by atomic mass is 127. The molecule has 0 aromatic heterocycles. The van der Waals surface area contributed by atoms with Gasteiger partial charge in [0.15, 0.2) is 0 Å². The molecule has 0 aliphatic carbocycles. The SMILES string of the molecule is COCCPC=Cc1ccc(C)cc1.I. The highest BCUT2D eigenvalue weighted by molar-refractivity contribution is 14.0. The second-order valence-electron chi connectivity index (χ2n) is 3.19. The van der Waals surface area contributed by atoms with Crippen LogP contribution in [0.2, 0.25) is 0 Å². The van der Waals surface area contributed by atoms with E-state index in [9.17, 15) is 0 Å². The molecular weight excluding hydrogens is 318 g/mol. The summed E-state index contributed by atoms with van der Waals surface area (Å²) < 4.78 is 4.98. The molecule has 0 N–H and O–H groups in total. The minimum absolute atomic E-state index is 0. The molecule has 0 heterocycles. The molecule has 0 spiro atoms. The topological polar surface area (TPSA) is 9.23 Å². The lowest BCUT2D eigenvalue weighted by atomic mass is 10.2. The Morgan fingerprint density at radius 1 is 1.27 bits per heavy atom. The second kappa shape index (κ2) is 9.32. The lowest BCUT2D eigenvalue weighted by Crippen LogP contribution is -1.87. The van der Waals surface area contributed by atoms with Gasteiger partial charge in [-0.1, -0.05) is 50.3 Å². The molecule has 0 aliphatic rings. The van der Waals surface area contributed by atoms with Crippen molar-refractivity contribution in [3.8, 4) is 0 Å². The third-order valence-electron chi connectivity index (χ3n) is 1.92. The van der Waals surface area contributed by atoms with Gasteiger partial charge in [-0.25, -0.2) is 0 Å². The van der Waals surface area contributed by atoms with Crippen molar-refractivity contribution in [1.29, 1.82) is 0 Å². The zero-order chi connectivity index (χ0) is 10.2. The normalized spacial score (nSPS) is 11.1. The molecule has 0 amide bonds. The van der Waals surface area contributed by atoms with Crippen molar-refractivity contribution >= 4 is 38.6 Å². The number of halogens is 1. The van der Waals surface area contributed by atoms with Crippen LogP contribution in [0.1, 0.15) is 11.1 Å². The largest absolute Gasteiger partial charge is 0.384 e. The third-order valence-corrected chi connectivity index (χ3v) is 2.82. The maximum absolute atomic E-state index is 4.98. The van der Waals surface area contributed by atoms with E-state index in [-0.39, 0.29) is 24.0 Å². The van der Waals surface area contributed by atoms with Crippen molar-refractivity contribution in [2.24, 2.45) is 0 Å². The smallest absolute Gasteiger partial charge is 0.0501 e. The molecule has 84 valence electrons. The number of ether oxygens (including phenoxy) is 1. The first-order valence-electron chi connectivity index (χ1n) is 4.78. The fourth-order valence-corrected chi connectivity index (χ4v) is 1.88. The Kier molecular flexibility index (Phi) is 9.37. The van der Waals surface area contributed by atoms with Crippen LogP contribution in [0.3, 0.4) is 0 Å². The van der Waals surface area contributed by atoms with Gasteiger partial charge in [0.05, 0.1) is 6.61 Å². The van der Waals surface area contributed by atoms with Crippen LogP contribution in [-0.2, 0) is 4.74 Å². The summed E-state index contributed by atoms with van der Waals surface area (Å²) in [6.45, 7) is 2.96. The van der Waals surface area contributed by atoms with E-state index in [0.29, 0.717) is 0 Å². The average Bonchev–Trinajstić information content (AvgIpc) is 2.21. The van der Waals surface area contributed by atoms with Gasteiger partial charge >= 0.3 is 0 Å². The van der Waals surface area contributed by atoms with Gasteiger partial charge in [-0.05, 0) is 18.6 Å². The highest BCUT2D eigenvalue weighted by Gasteiger charge is 1.86. The summed E-state index contributed by atoms with van der Waals surface area (Å²) >= 11 is 0. The fraction of sp³-hybridized carbons (Fsp3) is 0.333. The maximum atomic E-state index is 4.98. The van der Waals surface area contributed by atoms with E-state index in [1.807, 2.05) is 0 Å². The van der Waals surface area contributed by atoms with Crippen LogP contribution in [0.4, 0.5) is 0 Å². The van der Waals surface area contributed by atoms with E-state index in [4.69, 9.17) is 4.74 Å². The minimum atomic E-state index is 0. The van der Waals surface area contributed by atoms with Gasteiger partial charge in [-0.3, -0.25) is 0 Å². The molecule has 1 aromatic carbocycles. The monoisotopic (exact) mass is 336 g/mol. The van der Waals surface area contributed by atoms with Gasteiger partial charge in [-0.15, -0.1) is 24.0 Å². The molecule has 3 heteroatoms. The van der Waals surface area contributed by atoms with Crippen molar-refractivity contribution in [3.05, 3.63) is 41.2 Å². The van der Waals surface area contributed by atoms with Crippen LogP contribution in [0.25, 0.3) is 6.08 Å². The van der Waals surface area contributed by atoms with E-state index >= 15 is 0 Å². The second-order valence-corrected chi connectivity index (χ2v) is 4.43.